The Bertz CT molecular complexity index is 550. The van der Waals surface area contributed by atoms with Crippen molar-refractivity contribution < 1.29 is 0 Å². The van der Waals surface area contributed by atoms with E-state index >= 15 is 0 Å². The van der Waals surface area contributed by atoms with Gasteiger partial charge in [-0.1, -0.05) is 33.6 Å². The minimum absolute atomic E-state index is 0.104. The largest absolute Gasteiger partial charge is 0.370 e. The minimum Gasteiger partial charge on any atom is -0.370 e. The molecule has 3 rings (SSSR count). The van der Waals surface area contributed by atoms with Gasteiger partial charge in [-0.3, -0.25) is 4.99 Å². The lowest BCUT2D eigenvalue weighted by atomic mass is 9.96. The Morgan fingerprint density at radius 3 is 2.75 bits per heavy atom. The van der Waals surface area contributed by atoms with Gasteiger partial charge in [0.25, 0.3) is 0 Å². The standard InChI is InChI=1S/C15H19BrClN3/c1-20(11-3-4-11)14(18)19-9-15(6-7-15)12-5-2-10(16)8-13(12)17/h2,5,8,11H,3-4,6-7,9H2,1H3,(H2,18,19). The van der Waals surface area contributed by atoms with E-state index < -0.39 is 0 Å². The highest BCUT2D eigenvalue weighted by atomic mass is 79.9. The maximum atomic E-state index is 6.37. The third-order valence-electron chi connectivity index (χ3n) is 4.36. The lowest BCUT2D eigenvalue weighted by Crippen LogP contribution is -2.36. The molecule has 0 bridgehead atoms. The second-order valence-electron chi connectivity index (χ2n) is 5.92. The molecular weight excluding hydrogens is 338 g/mol. The number of halogens is 2. The summed E-state index contributed by atoms with van der Waals surface area (Å²) in [7, 11) is 2.03. The summed E-state index contributed by atoms with van der Waals surface area (Å²) in [4.78, 5) is 6.71. The Kier molecular flexibility index (Phi) is 3.71. The molecule has 0 aliphatic heterocycles. The Labute approximate surface area is 133 Å². The summed E-state index contributed by atoms with van der Waals surface area (Å²) in [6, 6.07) is 6.71. The van der Waals surface area contributed by atoms with Crippen molar-refractivity contribution in [2.24, 2.45) is 10.7 Å². The van der Waals surface area contributed by atoms with Gasteiger partial charge in [0.1, 0.15) is 0 Å². The van der Waals surface area contributed by atoms with Gasteiger partial charge in [0, 0.05) is 28.0 Å². The van der Waals surface area contributed by atoms with Gasteiger partial charge in [-0.05, 0) is 43.4 Å². The average molecular weight is 357 g/mol. The molecule has 1 aromatic carbocycles. The molecule has 2 aliphatic rings. The third-order valence-corrected chi connectivity index (χ3v) is 5.16. The first kappa shape index (κ1) is 14.2. The van der Waals surface area contributed by atoms with Crippen LogP contribution in [0.15, 0.2) is 27.7 Å². The number of rotatable bonds is 4. The zero-order valence-corrected chi connectivity index (χ0v) is 13.9. The van der Waals surface area contributed by atoms with Gasteiger partial charge in [-0.25, -0.2) is 0 Å². The molecule has 108 valence electrons. The lowest BCUT2D eigenvalue weighted by molar-refractivity contribution is 0.485. The van der Waals surface area contributed by atoms with Crippen molar-refractivity contribution in [3.63, 3.8) is 0 Å². The summed E-state index contributed by atoms with van der Waals surface area (Å²) >= 11 is 9.82. The molecular formula is C15H19BrClN3. The molecule has 0 radical (unpaired) electrons. The van der Waals surface area contributed by atoms with Crippen molar-refractivity contribution in [2.45, 2.75) is 37.1 Å². The van der Waals surface area contributed by atoms with Crippen LogP contribution >= 0.6 is 27.5 Å². The summed E-state index contributed by atoms with van der Waals surface area (Å²) < 4.78 is 1.01. The third kappa shape index (κ3) is 2.82. The van der Waals surface area contributed by atoms with Crippen molar-refractivity contribution in [3.05, 3.63) is 33.3 Å². The predicted molar refractivity (Wildman–Crippen MR) is 87.3 cm³/mol. The van der Waals surface area contributed by atoms with Gasteiger partial charge < -0.3 is 10.6 Å². The molecule has 20 heavy (non-hydrogen) atoms. The molecule has 0 heterocycles. The molecule has 0 atom stereocenters. The monoisotopic (exact) mass is 355 g/mol. The molecule has 3 nitrogen and oxygen atoms in total. The summed E-state index contributed by atoms with van der Waals surface area (Å²) in [6.07, 6.45) is 4.74. The zero-order valence-electron chi connectivity index (χ0n) is 11.6. The fraction of sp³-hybridized carbons (Fsp3) is 0.533. The van der Waals surface area contributed by atoms with Crippen LogP contribution in [0, 0.1) is 0 Å². The number of hydrogen-bond acceptors (Lipinski definition) is 1. The first-order chi connectivity index (χ1) is 9.52. The molecule has 5 heteroatoms. The van der Waals surface area contributed by atoms with E-state index in [4.69, 9.17) is 17.3 Å². The van der Waals surface area contributed by atoms with Crippen LogP contribution in [0.1, 0.15) is 31.2 Å². The molecule has 2 saturated carbocycles. The Morgan fingerprint density at radius 2 is 2.20 bits per heavy atom. The van der Waals surface area contributed by atoms with Crippen LogP contribution in [0.3, 0.4) is 0 Å². The molecule has 1 aromatic rings. The maximum Gasteiger partial charge on any atom is 0.191 e. The van der Waals surface area contributed by atoms with Gasteiger partial charge in [0.15, 0.2) is 5.96 Å². The molecule has 2 N–H and O–H groups in total. The van der Waals surface area contributed by atoms with Crippen LogP contribution < -0.4 is 5.73 Å². The van der Waals surface area contributed by atoms with Gasteiger partial charge >= 0.3 is 0 Å². The van der Waals surface area contributed by atoms with Crippen LogP contribution in [-0.2, 0) is 5.41 Å². The minimum atomic E-state index is 0.104. The van der Waals surface area contributed by atoms with Gasteiger partial charge in [-0.2, -0.15) is 0 Å². The topological polar surface area (TPSA) is 41.6 Å². The highest BCUT2D eigenvalue weighted by molar-refractivity contribution is 9.10. The molecule has 0 spiro atoms. The molecule has 0 aromatic heterocycles. The van der Waals surface area contributed by atoms with Gasteiger partial charge in [0.05, 0.1) is 6.54 Å². The fourth-order valence-corrected chi connectivity index (χ4v) is 3.45. The Balaban J connectivity index is 1.74. The van der Waals surface area contributed by atoms with Crippen LogP contribution in [0.2, 0.25) is 5.02 Å². The highest BCUT2D eigenvalue weighted by Gasteiger charge is 2.45. The summed E-state index contributed by atoms with van der Waals surface area (Å²) in [6.45, 7) is 0.733. The zero-order chi connectivity index (χ0) is 14.3. The molecule has 0 saturated heterocycles. The van der Waals surface area contributed by atoms with Gasteiger partial charge in [-0.15, -0.1) is 0 Å². The molecule has 2 aliphatic carbocycles. The predicted octanol–water partition coefficient (Wildman–Crippen LogP) is 3.54. The quantitative estimate of drug-likeness (QED) is 0.662. The van der Waals surface area contributed by atoms with Crippen LogP contribution in [-0.4, -0.2) is 30.5 Å². The number of benzene rings is 1. The normalized spacial score (nSPS) is 20.9. The number of nitrogens with zero attached hydrogens (tertiary/aromatic N) is 2. The SMILES string of the molecule is CN(C(N)=NCC1(c2ccc(Br)cc2Cl)CC1)C1CC1. The lowest BCUT2D eigenvalue weighted by Gasteiger charge is -2.19. The maximum absolute atomic E-state index is 6.37. The smallest absolute Gasteiger partial charge is 0.191 e. The average Bonchev–Trinajstić information content (AvgIpc) is 3.28. The number of aliphatic imine (C=N–C) groups is 1. The van der Waals surface area contributed by atoms with Crippen molar-refractivity contribution in [1.82, 2.24) is 4.90 Å². The van der Waals surface area contributed by atoms with E-state index in [0.29, 0.717) is 12.0 Å². The molecule has 2 fully saturated rings. The highest BCUT2D eigenvalue weighted by Crippen LogP contribution is 2.51. The van der Waals surface area contributed by atoms with E-state index in [0.717, 1.165) is 28.9 Å². The van der Waals surface area contributed by atoms with Crippen molar-refractivity contribution in [3.8, 4) is 0 Å². The van der Waals surface area contributed by atoms with Gasteiger partial charge in [0.2, 0.25) is 0 Å². The van der Waals surface area contributed by atoms with E-state index in [1.807, 2.05) is 19.2 Å². The Hall–Kier alpha value is -0.740. The van der Waals surface area contributed by atoms with Crippen LogP contribution in [0.5, 0.6) is 0 Å². The van der Waals surface area contributed by atoms with E-state index in [-0.39, 0.29) is 5.41 Å². The number of nitrogens with two attached hydrogens (primary N) is 1. The summed E-state index contributed by atoms with van der Waals surface area (Å²) in [5.41, 5.74) is 7.37. The van der Waals surface area contributed by atoms with Crippen molar-refractivity contribution >= 4 is 33.5 Å². The summed E-state index contributed by atoms with van der Waals surface area (Å²) in [5, 5.41) is 0.821. The molecule has 0 unspecified atom stereocenters. The first-order valence-electron chi connectivity index (χ1n) is 7.00. The first-order valence-corrected chi connectivity index (χ1v) is 8.17. The number of hydrogen-bond donors (Lipinski definition) is 1. The summed E-state index contributed by atoms with van der Waals surface area (Å²) in [5.74, 6) is 0.659. The number of guanidine groups is 1. The van der Waals surface area contributed by atoms with Crippen molar-refractivity contribution in [1.29, 1.82) is 0 Å². The van der Waals surface area contributed by atoms with Crippen LogP contribution in [0.4, 0.5) is 0 Å². The second kappa shape index (κ2) is 5.23. The Morgan fingerprint density at radius 1 is 1.50 bits per heavy atom. The second-order valence-corrected chi connectivity index (χ2v) is 7.24. The van der Waals surface area contributed by atoms with E-state index in [2.05, 4.69) is 31.9 Å². The van der Waals surface area contributed by atoms with Crippen molar-refractivity contribution in [2.75, 3.05) is 13.6 Å². The molecule has 0 amide bonds. The van der Waals surface area contributed by atoms with E-state index in [1.54, 1.807) is 0 Å². The van der Waals surface area contributed by atoms with E-state index in [9.17, 15) is 0 Å². The fourth-order valence-electron chi connectivity index (χ4n) is 2.58. The van der Waals surface area contributed by atoms with Crippen LogP contribution in [0.25, 0.3) is 0 Å². The van der Waals surface area contributed by atoms with E-state index in [1.165, 1.54) is 18.4 Å².